The third-order valence-electron chi connectivity index (χ3n) is 5.30. The lowest BCUT2D eigenvalue weighted by Gasteiger charge is -2.29. The van der Waals surface area contributed by atoms with E-state index in [9.17, 15) is 5.26 Å². The van der Waals surface area contributed by atoms with Gasteiger partial charge >= 0.3 is 0 Å². The molecule has 0 bridgehead atoms. The average molecular weight is 428 g/mol. The molecule has 5 rings (SSSR count). The Labute approximate surface area is 187 Å². The summed E-state index contributed by atoms with van der Waals surface area (Å²) < 4.78 is 5.46. The number of ether oxygens (including phenoxy) is 1. The summed E-state index contributed by atoms with van der Waals surface area (Å²) >= 11 is 1.70. The van der Waals surface area contributed by atoms with Crippen molar-refractivity contribution in [2.24, 2.45) is 0 Å². The first-order chi connectivity index (χ1) is 15.3. The summed E-state index contributed by atoms with van der Waals surface area (Å²) in [6, 6.07) is 21.6. The summed E-state index contributed by atoms with van der Waals surface area (Å²) in [4.78, 5) is 8.71. The van der Waals surface area contributed by atoms with Crippen molar-refractivity contribution in [3.63, 3.8) is 0 Å². The minimum atomic E-state index is 0.607. The molecule has 0 amide bonds. The van der Waals surface area contributed by atoms with Gasteiger partial charge in [-0.1, -0.05) is 32.0 Å². The number of benzene rings is 2. The molecule has 1 aliphatic rings. The lowest BCUT2D eigenvalue weighted by atomic mass is 10.0. The molecule has 0 atom stereocenters. The highest BCUT2D eigenvalue weighted by Gasteiger charge is 2.12. The van der Waals surface area contributed by atoms with E-state index in [-0.39, 0.29) is 0 Å². The maximum Gasteiger partial charge on any atom is 0.101 e. The highest BCUT2D eigenvalue weighted by Crippen LogP contribution is 2.37. The van der Waals surface area contributed by atoms with Gasteiger partial charge in [0.15, 0.2) is 0 Å². The van der Waals surface area contributed by atoms with Crippen LogP contribution in [0.25, 0.3) is 31.7 Å². The van der Waals surface area contributed by atoms with Gasteiger partial charge in [-0.25, -0.2) is 0 Å². The second kappa shape index (κ2) is 9.74. The van der Waals surface area contributed by atoms with Gasteiger partial charge in [0.2, 0.25) is 0 Å². The molecule has 4 nitrogen and oxygen atoms in total. The molecule has 3 heterocycles. The number of hydrogen-bond donors (Lipinski definition) is 0. The maximum atomic E-state index is 9.34. The van der Waals surface area contributed by atoms with Crippen LogP contribution in [0, 0.1) is 11.3 Å². The summed E-state index contributed by atoms with van der Waals surface area (Å²) in [5.41, 5.74) is 4.00. The fraction of sp³-hybridized carbons (Fsp3) is 0.231. The number of pyridine rings is 1. The average Bonchev–Trinajstić information content (AvgIpc) is 3.35. The van der Waals surface area contributed by atoms with Crippen molar-refractivity contribution in [2.75, 3.05) is 31.2 Å². The number of morpholine rings is 1. The third kappa shape index (κ3) is 4.46. The number of aromatic nitrogens is 1. The van der Waals surface area contributed by atoms with Gasteiger partial charge in [-0.2, -0.15) is 5.26 Å². The predicted octanol–water partition coefficient (Wildman–Crippen LogP) is 6.36. The van der Waals surface area contributed by atoms with Crippen molar-refractivity contribution in [3.05, 3.63) is 72.6 Å². The predicted molar refractivity (Wildman–Crippen MR) is 130 cm³/mol. The fourth-order valence-corrected chi connectivity index (χ4v) is 4.78. The van der Waals surface area contributed by atoms with Crippen molar-refractivity contribution < 1.29 is 4.74 Å². The minimum Gasteiger partial charge on any atom is -0.378 e. The molecule has 1 fully saturated rings. The van der Waals surface area contributed by atoms with Gasteiger partial charge in [0, 0.05) is 46.5 Å². The van der Waals surface area contributed by atoms with Crippen LogP contribution in [-0.4, -0.2) is 31.3 Å². The lowest BCUT2D eigenvalue weighted by molar-refractivity contribution is 0.122. The molecular weight excluding hydrogens is 402 g/mol. The molecule has 0 saturated carbocycles. The summed E-state index contributed by atoms with van der Waals surface area (Å²) in [6.45, 7) is 7.48. The zero-order chi connectivity index (χ0) is 21.6. The number of nitrogens with zero attached hydrogens (tertiary/aromatic N) is 3. The van der Waals surface area contributed by atoms with Crippen LogP contribution in [0.4, 0.5) is 5.69 Å². The van der Waals surface area contributed by atoms with E-state index in [1.54, 1.807) is 23.7 Å². The summed E-state index contributed by atoms with van der Waals surface area (Å²) in [5, 5.41) is 11.8. The Morgan fingerprint density at radius 2 is 1.68 bits per heavy atom. The number of hydrogen-bond acceptors (Lipinski definition) is 5. The lowest BCUT2D eigenvalue weighted by Crippen LogP contribution is -2.36. The van der Waals surface area contributed by atoms with Gasteiger partial charge in [0.25, 0.3) is 0 Å². The molecule has 1 aliphatic heterocycles. The van der Waals surface area contributed by atoms with E-state index >= 15 is 0 Å². The van der Waals surface area contributed by atoms with Crippen molar-refractivity contribution in [2.45, 2.75) is 13.8 Å². The van der Waals surface area contributed by atoms with Crippen LogP contribution in [0.2, 0.25) is 0 Å². The Hall–Kier alpha value is -3.20. The zero-order valence-corrected chi connectivity index (χ0v) is 18.7. The quantitative estimate of drug-likeness (QED) is 0.381. The van der Waals surface area contributed by atoms with Gasteiger partial charge in [0.05, 0.1) is 18.8 Å². The van der Waals surface area contributed by atoms with Gasteiger partial charge in [-0.05, 0) is 52.7 Å². The second-order valence-electron chi connectivity index (χ2n) is 7.04. The van der Waals surface area contributed by atoms with Crippen molar-refractivity contribution >= 4 is 27.8 Å². The van der Waals surface area contributed by atoms with Crippen molar-refractivity contribution in [1.82, 2.24) is 4.98 Å². The maximum absolute atomic E-state index is 9.34. The summed E-state index contributed by atoms with van der Waals surface area (Å²) in [5.74, 6) is 0. The highest BCUT2D eigenvalue weighted by atomic mass is 32.1. The number of fused-ring (bicyclic) bond motifs is 1. The molecule has 5 heteroatoms. The first kappa shape index (κ1) is 21.0. The molecule has 0 spiro atoms. The molecule has 1 saturated heterocycles. The van der Waals surface area contributed by atoms with E-state index < -0.39 is 0 Å². The molecule has 0 radical (unpaired) electrons. The molecule has 0 unspecified atom stereocenters. The first-order valence-electron chi connectivity index (χ1n) is 10.6. The van der Waals surface area contributed by atoms with E-state index in [1.165, 1.54) is 26.9 Å². The van der Waals surface area contributed by atoms with Crippen LogP contribution in [-0.2, 0) is 4.74 Å². The normalized spacial score (nSPS) is 13.4. The molecule has 0 aliphatic carbocycles. The van der Waals surface area contributed by atoms with Gasteiger partial charge in [-0.15, -0.1) is 11.3 Å². The summed E-state index contributed by atoms with van der Waals surface area (Å²) in [6.07, 6.45) is 3.36. The molecule has 156 valence electrons. The number of nitriles is 1. The van der Waals surface area contributed by atoms with Crippen LogP contribution in [0.15, 0.2) is 67.0 Å². The zero-order valence-electron chi connectivity index (χ0n) is 17.8. The van der Waals surface area contributed by atoms with E-state index in [4.69, 9.17) is 4.74 Å². The standard InChI is InChI=1S/C24H19N3OS.C2H6/c25-15-20-16-26-8-7-22(20)24-6-5-23(29-24)19-2-1-18-14-21(4-3-17(18)13-19)27-9-11-28-12-10-27;1-2/h1-8,13-14,16H,9-12H2;1-2H3. The van der Waals surface area contributed by atoms with Crippen LogP contribution in [0.3, 0.4) is 0 Å². The largest absolute Gasteiger partial charge is 0.378 e. The Kier molecular flexibility index (Phi) is 6.61. The molecular formula is C26H25N3OS. The Morgan fingerprint density at radius 1 is 0.935 bits per heavy atom. The monoisotopic (exact) mass is 427 g/mol. The Bertz CT molecular complexity index is 1220. The summed E-state index contributed by atoms with van der Waals surface area (Å²) in [7, 11) is 0. The number of rotatable bonds is 3. The van der Waals surface area contributed by atoms with Crippen LogP contribution in [0.5, 0.6) is 0 Å². The highest BCUT2D eigenvalue weighted by molar-refractivity contribution is 7.18. The van der Waals surface area contributed by atoms with Crippen LogP contribution >= 0.6 is 11.3 Å². The van der Waals surface area contributed by atoms with E-state index in [1.807, 2.05) is 19.9 Å². The van der Waals surface area contributed by atoms with E-state index in [0.29, 0.717) is 5.56 Å². The smallest absolute Gasteiger partial charge is 0.101 e. The van der Waals surface area contributed by atoms with Crippen LogP contribution < -0.4 is 4.90 Å². The Balaban J connectivity index is 0.00000112. The van der Waals surface area contributed by atoms with Crippen molar-refractivity contribution in [3.8, 4) is 27.0 Å². The Morgan fingerprint density at radius 3 is 2.48 bits per heavy atom. The molecule has 0 N–H and O–H groups in total. The molecule has 2 aromatic heterocycles. The minimum absolute atomic E-state index is 0.607. The second-order valence-corrected chi connectivity index (χ2v) is 8.13. The van der Waals surface area contributed by atoms with Gasteiger partial charge in [0.1, 0.15) is 6.07 Å². The van der Waals surface area contributed by atoms with Crippen LogP contribution in [0.1, 0.15) is 19.4 Å². The topological polar surface area (TPSA) is 49.2 Å². The van der Waals surface area contributed by atoms with Crippen molar-refractivity contribution in [1.29, 1.82) is 5.26 Å². The fourth-order valence-electron chi connectivity index (χ4n) is 3.74. The van der Waals surface area contributed by atoms with Gasteiger partial charge < -0.3 is 9.64 Å². The van der Waals surface area contributed by atoms with Gasteiger partial charge in [-0.3, -0.25) is 4.98 Å². The van der Waals surface area contributed by atoms with E-state index in [2.05, 4.69) is 64.5 Å². The molecule has 31 heavy (non-hydrogen) atoms. The number of thiophene rings is 1. The number of anilines is 1. The SMILES string of the molecule is CC.N#Cc1cnccc1-c1ccc(-c2ccc3cc(N4CCOCC4)ccc3c2)s1. The molecule has 4 aromatic rings. The van der Waals surface area contributed by atoms with E-state index in [0.717, 1.165) is 36.7 Å². The molecule has 2 aromatic carbocycles. The first-order valence-corrected chi connectivity index (χ1v) is 11.4. The third-order valence-corrected chi connectivity index (χ3v) is 6.47.